The van der Waals surface area contributed by atoms with E-state index in [2.05, 4.69) is 27.2 Å². The summed E-state index contributed by atoms with van der Waals surface area (Å²) >= 11 is 0. The first-order valence-corrected chi connectivity index (χ1v) is 9.66. The quantitative estimate of drug-likeness (QED) is 0.741. The molecule has 0 spiro atoms. The van der Waals surface area contributed by atoms with Crippen molar-refractivity contribution in [1.29, 1.82) is 0 Å². The van der Waals surface area contributed by atoms with Crippen molar-refractivity contribution in [1.82, 2.24) is 20.0 Å². The minimum absolute atomic E-state index is 0.0615. The molecule has 2 atom stereocenters. The predicted octanol–water partition coefficient (Wildman–Crippen LogP) is 2.64. The zero-order valence-corrected chi connectivity index (χ0v) is 16.3. The fourth-order valence-electron chi connectivity index (χ4n) is 3.97. The van der Waals surface area contributed by atoms with Crippen molar-refractivity contribution < 1.29 is 9.53 Å². The molecule has 0 saturated carbocycles. The molecule has 0 aliphatic carbocycles. The molecule has 1 N–H and O–H groups in total. The van der Waals surface area contributed by atoms with E-state index in [1.807, 2.05) is 61.5 Å². The van der Waals surface area contributed by atoms with E-state index >= 15 is 0 Å². The highest BCUT2D eigenvalue weighted by molar-refractivity contribution is 5.87. The number of carbonyl (C=O) groups is 1. The molecule has 2 heterocycles. The standard InChI is InChI=1S/C22H26N4O2/c1-25(2)15-20-22(16-8-4-3-5-9-16)26(12-13-28-20)21(27)14-19-17-10-6-7-11-18(17)23-24-19/h3-11,20,22H,12-15H2,1-2H3,(H,23,24)/t20-,22-/m0/s1. The van der Waals surface area contributed by atoms with Gasteiger partial charge in [-0.25, -0.2) is 0 Å². The number of nitrogens with one attached hydrogen (secondary N) is 1. The number of rotatable bonds is 5. The lowest BCUT2D eigenvalue weighted by molar-refractivity contribution is -0.147. The van der Waals surface area contributed by atoms with Crippen LogP contribution >= 0.6 is 0 Å². The summed E-state index contributed by atoms with van der Waals surface area (Å²) in [6.45, 7) is 1.90. The van der Waals surface area contributed by atoms with Gasteiger partial charge in [0, 0.05) is 18.5 Å². The number of para-hydroxylation sites is 1. The Balaban J connectivity index is 1.62. The summed E-state index contributed by atoms with van der Waals surface area (Å²) < 4.78 is 6.09. The van der Waals surface area contributed by atoms with Crippen molar-refractivity contribution in [3.63, 3.8) is 0 Å². The van der Waals surface area contributed by atoms with Crippen LogP contribution in [0.25, 0.3) is 10.9 Å². The molecule has 1 aliphatic heterocycles. The molecule has 146 valence electrons. The summed E-state index contributed by atoms with van der Waals surface area (Å²) in [6.07, 6.45) is 0.243. The molecule has 1 fully saturated rings. The largest absolute Gasteiger partial charge is 0.373 e. The van der Waals surface area contributed by atoms with E-state index in [0.717, 1.165) is 28.7 Å². The van der Waals surface area contributed by atoms with Gasteiger partial charge in [-0.3, -0.25) is 9.89 Å². The molecule has 4 rings (SSSR count). The van der Waals surface area contributed by atoms with E-state index in [1.165, 1.54) is 0 Å². The number of hydrogen-bond donors (Lipinski definition) is 1. The molecule has 1 aromatic heterocycles. The van der Waals surface area contributed by atoms with Crippen LogP contribution in [0.3, 0.4) is 0 Å². The molecule has 6 heteroatoms. The molecule has 0 bridgehead atoms. The van der Waals surface area contributed by atoms with Crippen LogP contribution in [0.15, 0.2) is 54.6 Å². The second kappa shape index (κ2) is 8.12. The van der Waals surface area contributed by atoms with Crippen LogP contribution in [-0.4, -0.2) is 65.8 Å². The second-order valence-electron chi connectivity index (χ2n) is 7.51. The lowest BCUT2D eigenvalue weighted by Gasteiger charge is -2.42. The number of aromatic nitrogens is 2. The highest BCUT2D eigenvalue weighted by Crippen LogP contribution is 2.31. The summed E-state index contributed by atoms with van der Waals surface area (Å²) in [6, 6.07) is 18.0. The third kappa shape index (κ3) is 3.79. The first kappa shape index (κ1) is 18.7. The molecule has 3 aromatic rings. The number of hydrogen-bond acceptors (Lipinski definition) is 4. The molecule has 2 aromatic carbocycles. The molecule has 1 amide bonds. The number of H-pyrrole nitrogens is 1. The van der Waals surface area contributed by atoms with Crippen LogP contribution in [0.2, 0.25) is 0 Å². The average Bonchev–Trinajstić information content (AvgIpc) is 3.11. The second-order valence-corrected chi connectivity index (χ2v) is 7.51. The van der Waals surface area contributed by atoms with Crippen molar-refractivity contribution >= 4 is 16.8 Å². The van der Waals surface area contributed by atoms with E-state index in [-0.39, 0.29) is 18.1 Å². The first-order valence-electron chi connectivity index (χ1n) is 9.66. The Kier molecular flexibility index (Phi) is 5.41. The van der Waals surface area contributed by atoms with Gasteiger partial charge in [-0.15, -0.1) is 0 Å². The Morgan fingerprint density at radius 3 is 2.71 bits per heavy atom. The molecule has 1 aliphatic rings. The van der Waals surface area contributed by atoms with Crippen molar-refractivity contribution in [2.45, 2.75) is 18.6 Å². The summed E-state index contributed by atoms with van der Waals surface area (Å²) in [5, 5.41) is 8.37. The Morgan fingerprint density at radius 1 is 1.18 bits per heavy atom. The molecule has 0 radical (unpaired) electrons. The number of morpholine rings is 1. The maximum atomic E-state index is 13.3. The van der Waals surface area contributed by atoms with E-state index < -0.39 is 0 Å². The lowest BCUT2D eigenvalue weighted by Crippen LogP contribution is -2.51. The van der Waals surface area contributed by atoms with Gasteiger partial charge in [0.1, 0.15) is 0 Å². The number of nitrogens with zero attached hydrogens (tertiary/aromatic N) is 3. The number of benzene rings is 2. The number of carbonyl (C=O) groups excluding carboxylic acids is 1. The van der Waals surface area contributed by atoms with Gasteiger partial charge in [0.2, 0.25) is 5.91 Å². The van der Waals surface area contributed by atoms with Crippen LogP contribution in [0.1, 0.15) is 17.3 Å². The molecular formula is C22H26N4O2. The van der Waals surface area contributed by atoms with Crippen molar-refractivity contribution in [2.75, 3.05) is 33.8 Å². The molecule has 0 unspecified atom stereocenters. The van der Waals surface area contributed by atoms with Gasteiger partial charge in [0.25, 0.3) is 0 Å². The minimum atomic E-state index is -0.0981. The number of likely N-dealkylation sites (N-methyl/N-ethyl adjacent to an activating group) is 1. The predicted molar refractivity (Wildman–Crippen MR) is 109 cm³/mol. The Labute approximate surface area is 165 Å². The van der Waals surface area contributed by atoms with Crippen molar-refractivity contribution in [3.8, 4) is 0 Å². The van der Waals surface area contributed by atoms with Crippen LogP contribution in [-0.2, 0) is 16.0 Å². The summed E-state index contributed by atoms with van der Waals surface area (Å²) in [4.78, 5) is 17.4. The van der Waals surface area contributed by atoms with Gasteiger partial charge in [-0.1, -0.05) is 48.5 Å². The van der Waals surface area contributed by atoms with E-state index in [1.54, 1.807) is 0 Å². The molecule has 1 saturated heterocycles. The SMILES string of the molecule is CN(C)C[C@@H]1OCCN(C(=O)Cc2[nH]nc3ccccc23)[C@H]1c1ccccc1. The highest BCUT2D eigenvalue weighted by atomic mass is 16.5. The number of fused-ring (bicyclic) bond motifs is 1. The van der Waals surface area contributed by atoms with Crippen molar-refractivity contribution in [3.05, 3.63) is 65.9 Å². The van der Waals surface area contributed by atoms with Gasteiger partial charge >= 0.3 is 0 Å². The zero-order chi connectivity index (χ0) is 19.5. The van der Waals surface area contributed by atoms with Gasteiger partial charge in [-0.2, -0.15) is 5.10 Å². The summed E-state index contributed by atoms with van der Waals surface area (Å²) in [5.41, 5.74) is 2.86. The Hall–Kier alpha value is -2.70. The monoisotopic (exact) mass is 378 g/mol. The zero-order valence-electron chi connectivity index (χ0n) is 16.3. The maximum absolute atomic E-state index is 13.3. The van der Waals surface area contributed by atoms with Crippen LogP contribution < -0.4 is 0 Å². The third-order valence-electron chi connectivity index (χ3n) is 5.23. The van der Waals surface area contributed by atoms with Gasteiger partial charge in [-0.05, 0) is 25.7 Å². The van der Waals surface area contributed by atoms with Crippen LogP contribution in [0, 0.1) is 0 Å². The molecule has 6 nitrogen and oxygen atoms in total. The van der Waals surface area contributed by atoms with Crippen LogP contribution in [0.5, 0.6) is 0 Å². The third-order valence-corrected chi connectivity index (χ3v) is 5.23. The van der Waals surface area contributed by atoms with Gasteiger partial charge in [0.15, 0.2) is 0 Å². The fourth-order valence-corrected chi connectivity index (χ4v) is 3.97. The van der Waals surface area contributed by atoms with Gasteiger partial charge in [0.05, 0.1) is 36.4 Å². The van der Waals surface area contributed by atoms with E-state index in [0.29, 0.717) is 19.6 Å². The summed E-state index contributed by atoms with van der Waals surface area (Å²) in [5.74, 6) is 0.0929. The normalized spacial score (nSPS) is 20.0. The van der Waals surface area contributed by atoms with E-state index in [9.17, 15) is 4.79 Å². The molecular weight excluding hydrogens is 352 g/mol. The number of ether oxygens (including phenoxy) is 1. The first-order chi connectivity index (χ1) is 13.6. The Bertz CT molecular complexity index is 938. The Morgan fingerprint density at radius 2 is 1.93 bits per heavy atom. The van der Waals surface area contributed by atoms with Crippen molar-refractivity contribution in [2.24, 2.45) is 0 Å². The van der Waals surface area contributed by atoms with Crippen LogP contribution in [0.4, 0.5) is 0 Å². The van der Waals surface area contributed by atoms with E-state index in [4.69, 9.17) is 4.74 Å². The summed E-state index contributed by atoms with van der Waals surface area (Å²) in [7, 11) is 4.06. The smallest absolute Gasteiger partial charge is 0.229 e. The topological polar surface area (TPSA) is 61.5 Å². The average molecular weight is 378 g/mol. The highest BCUT2D eigenvalue weighted by Gasteiger charge is 2.36. The molecule has 28 heavy (non-hydrogen) atoms. The number of amides is 1. The lowest BCUT2D eigenvalue weighted by atomic mass is 9.97. The van der Waals surface area contributed by atoms with Gasteiger partial charge < -0.3 is 14.5 Å². The fraction of sp³-hybridized carbons (Fsp3) is 0.364. The minimum Gasteiger partial charge on any atom is -0.373 e. The maximum Gasteiger partial charge on any atom is 0.229 e. The number of aromatic amines is 1.